The number of hydrogen-bond acceptors (Lipinski definition) is 1. The summed E-state index contributed by atoms with van der Waals surface area (Å²) in [5, 5.41) is 8.87. The molecule has 0 radical (unpaired) electrons. The summed E-state index contributed by atoms with van der Waals surface area (Å²) >= 11 is 0. The van der Waals surface area contributed by atoms with Gasteiger partial charge in [-0.3, -0.25) is 4.79 Å². The fourth-order valence-corrected chi connectivity index (χ4v) is 1.23. The summed E-state index contributed by atoms with van der Waals surface area (Å²) < 4.78 is 0. The van der Waals surface area contributed by atoms with Gasteiger partial charge < -0.3 is 5.11 Å². The van der Waals surface area contributed by atoms with Gasteiger partial charge in [-0.1, -0.05) is 26.3 Å². The molecule has 0 saturated heterocycles. The zero-order chi connectivity index (χ0) is 9.56. The van der Waals surface area contributed by atoms with E-state index in [4.69, 9.17) is 5.11 Å². The lowest BCUT2D eigenvalue weighted by atomic mass is 9.88. The summed E-state index contributed by atoms with van der Waals surface area (Å²) in [4.78, 5) is 10.8. The first-order valence-corrected chi connectivity index (χ1v) is 4.47. The Labute approximate surface area is 74.3 Å². The second-order valence-electron chi connectivity index (χ2n) is 3.20. The van der Waals surface area contributed by atoms with Gasteiger partial charge in [0, 0.05) is 0 Å². The summed E-state index contributed by atoms with van der Waals surface area (Å²) in [7, 11) is 0. The van der Waals surface area contributed by atoms with E-state index in [2.05, 4.69) is 6.58 Å². The number of allylic oxidation sites excluding steroid dienone is 1. The van der Waals surface area contributed by atoms with Crippen molar-refractivity contribution in [1.82, 2.24) is 0 Å². The zero-order valence-electron chi connectivity index (χ0n) is 7.92. The molecule has 2 atom stereocenters. The Hall–Kier alpha value is -0.790. The van der Waals surface area contributed by atoms with Crippen LogP contribution < -0.4 is 0 Å². The molecule has 1 N–H and O–H groups in total. The second kappa shape index (κ2) is 5.81. The molecule has 0 amide bonds. The predicted molar refractivity (Wildman–Crippen MR) is 50.0 cm³/mol. The molecule has 0 aromatic heterocycles. The third-order valence-corrected chi connectivity index (χ3v) is 2.33. The molecule has 0 aliphatic heterocycles. The molecular formula is C10H18O2. The standard InChI is InChI=1S/C10H18O2/c1-4-6-7-9(10(11)12)8(3)5-2/h4,8-9H,1,5-7H2,2-3H3,(H,11,12). The summed E-state index contributed by atoms with van der Waals surface area (Å²) in [6, 6.07) is 0. The molecule has 0 aromatic carbocycles. The van der Waals surface area contributed by atoms with Gasteiger partial charge in [-0.2, -0.15) is 0 Å². The van der Waals surface area contributed by atoms with E-state index in [9.17, 15) is 4.79 Å². The van der Waals surface area contributed by atoms with Crippen LogP contribution in [0.1, 0.15) is 33.1 Å². The van der Waals surface area contributed by atoms with Crippen LogP contribution in [0.2, 0.25) is 0 Å². The van der Waals surface area contributed by atoms with Crippen LogP contribution in [0.25, 0.3) is 0 Å². The van der Waals surface area contributed by atoms with Crippen LogP contribution in [0.4, 0.5) is 0 Å². The van der Waals surface area contributed by atoms with E-state index in [1.165, 1.54) is 0 Å². The summed E-state index contributed by atoms with van der Waals surface area (Å²) in [6.45, 7) is 7.59. The van der Waals surface area contributed by atoms with E-state index in [0.717, 1.165) is 12.8 Å². The van der Waals surface area contributed by atoms with Crippen LogP contribution in [-0.4, -0.2) is 11.1 Å². The molecule has 70 valence electrons. The minimum Gasteiger partial charge on any atom is -0.481 e. The quantitative estimate of drug-likeness (QED) is 0.622. The fourth-order valence-electron chi connectivity index (χ4n) is 1.23. The van der Waals surface area contributed by atoms with E-state index in [0.29, 0.717) is 6.42 Å². The van der Waals surface area contributed by atoms with E-state index in [-0.39, 0.29) is 11.8 Å². The highest BCUT2D eigenvalue weighted by molar-refractivity contribution is 5.70. The maximum absolute atomic E-state index is 10.8. The van der Waals surface area contributed by atoms with Gasteiger partial charge in [0.15, 0.2) is 0 Å². The van der Waals surface area contributed by atoms with Gasteiger partial charge in [0.1, 0.15) is 0 Å². The van der Waals surface area contributed by atoms with Crippen molar-refractivity contribution in [1.29, 1.82) is 0 Å². The van der Waals surface area contributed by atoms with Crippen molar-refractivity contribution in [3.05, 3.63) is 12.7 Å². The van der Waals surface area contributed by atoms with Gasteiger partial charge in [0.25, 0.3) is 0 Å². The highest BCUT2D eigenvalue weighted by atomic mass is 16.4. The first-order valence-electron chi connectivity index (χ1n) is 4.47. The fraction of sp³-hybridized carbons (Fsp3) is 0.700. The molecule has 0 aromatic rings. The number of carboxylic acids is 1. The second-order valence-corrected chi connectivity index (χ2v) is 3.20. The highest BCUT2D eigenvalue weighted by Gasteiger charge is 2.21. The Kier molecular flexibility index (Phi) is 5.43. The zero-order valence-corrected chi connectivity index (χ0v) is 7.92. The lowest BCUT2D eigenvalue weighted by Gasteiger charge is -2.17. The van der Waals surface area contributed by atoms with E-state index in [1.807, 2.05) is 13.8 Å². The topological polar surface area (TPSA) is 37.3 Å². The van der Waals surface area contributed by atoms with Gasteiger partial charge in [0.05, 0.1) is 5.92 Å². The summed E-state index contributed by atoms with van der Waals surface area (Å²) in [5.74, 6) is -0.610. The Morgan fingerprint density at radius 1 is 1.67 bits per heavy atom. The Bertz CT molecular complexity index is 152. The van der Waals surface area contributed by atoms with Crippen LogP contribution in [-0.2, 0) is 4.79 Å². The molecule has 0 heterocycles. The molecule has 0 saturated carbocycles. The van der Waals surface area contributed by atoms with Crippen LogP contribution >= 0.6 is 0 Å². The molecular weight excluding hydrogens is 152 g/mol. The normalized spacial score (nSPS) is 15.2. The Morgan fingerprint density at radius 2 is 2.25 bits per heavy atom. The number of carbonyl (C=O) groups is 1. The molecule has 2 nitrogen and oxygen atoms in total. The largest absolute Gasteiger partial charge is 0.481 e. The molecule has 12 heavy (non-hydrogen) atoms. The monoisotopic (exact) mass is 170 g/mol. The smallest absolute Gasteiger partial charge is 0.306 e. The predicted octanol–water partition coefficient (Wildman–Crippen LogP) is 2.70. The van der Waals surface area contributed by atoms with Crippen molar-refractivity contribution < 1.29 is 9.90 Å². The van der Waals surface area contributed by atoms with Crippen molar-refractivity contribution in [2.24, 2.45) is 11.8 Å². The molecule has 0 aliphatic rings. The lowest BCUT2D eigenvalue weighted by Crippen LogP contribution is -2.20. The van der Waals surface area contributed by atoms with E-state index in [1.54, 1.807) is 6.08 Å². The van der Waals surface area contributed by atoms with Crippen LogP contribution in [0.5, 0.6) is 0 Å². The SMILES string of the molecule is C=CCCC(C(=O)O)C(C)CC. The first-order chi connectivity index (χ1) is 5.63. The number of aliphatic carboxylic acids is 1. The van der Waals surface area contributed by atoms with Crippen molar-refractivity contribution in [3.8, 4) is 0 Å². The van der Waals surface area contributed by atoms with Crippen LogP contribution in [0, 0.1) is 11.8 Å². The van der Waals surface area contributed by atoms with Crippen molar-refractivity contribution in [3.63, 3.8) is 0 Å². The lowest BCUT2D eigenvalue weighted by molar-refractivity contribution is -0.143. The molecule has 0 bridgehead atoms. The Balaban J connectivity index is 4.02. The van der Waals surface area contributed by atoms with E-state index >= 15 is 0 Å². The molecule has 0 rings (SSSR count). The Morgan fingerprint density at radius 3 is 2.58 bits per heavy atom. The van der Waals surface area contributed by atoms with Gasteiger partial charge in [0.2, 0.25) is 0 Å². The van der Waals surface area contributed by atoms with Gasteiger partial charge in [-0.15, -0.1) is 6.58 Å². The van der Waals surface area contributed by atoms with Gasteiger partial charge in [-0.25, -0.2) is 0 Å². The maximum Gasteiger partial charge on any atom is 0.306 e. The maximum atomic E-state index is 10.8. The minimum atomic E-state index is -0.675. The molecule has 0 aliphatic carbocycles. The molecule has 0 spiro atoms. The molecule has 2 heteroatoms. The molecule has 2 unspecified atom stereocenters. The third-order valence-electron chi connectivity index (χ3n) is 2.33. The van der Waals surface area contributed by atoms with E-state index < -0.39 is 5.97 Å². The molecule has 0 fully saturated rings. The third kappa shape index (κ3) is 3.56. The number of carboxylic acid groups (broad SMARTS) is 1. The minimum absolute atomic E-state index is 0.201. The van der Waals surface area contributed by atoms with Gasteiger partial charge >= 0.3 is 5.97 Å². The number of rotatable bonds is 6. The van der Waals surface area contributed by atoms with Crippen LogP contribution in [0.15, 0.2) is 12.7 Å². The summed E-state index contributed by atoms with van der Waals surface area (Å²) in [6.07, 6.45) is 4.21. The van der Waals surface area contributed by atoms with Crippen molar-refractivity contribution in [2.75, 3.05) is 0 Å². The number of hydrogen-bond donors (Lipinski definition) is 1. The first kappa shape index (κ1) is 11.2. The van der Waals surface area contributed by atoms with Crippen molar-refractivity contribution in [2.45, 2.75) is 33.1 Å². The average molecular weight is 170 g/mol. The van der Waals surface area contributed by atoms with Crippen LogP contribution in [0.3, 0.4) is 0 Å². The average Bonchev–Trinajstić information content (AvgIpc) is 2.04. The summed E-state index contributed by atoms with van der Waals surface area (Å²) in [5.41, 5.74) is 0. The van der Waals surface area contributed by atoms with Crippen molar-refractivity contribution >= 4 is 5.97 Å². The van der Waals surface area contributed by atoms with Gasteiger partial charge in [-0.05, 0) is 18.8 Å². The highest BCUT2D eigenvalue weighted by Crippen LogP contribution is 2.20.